The second-order valence-corrected chi connectivity index (χ2v) is 5.60. The molecule has 120 valence electrons. The number of carbonyl (C=O) groups excluding carboxylic acids is 1. The number of anilines is 1. The number of nitrogens with zero attached hydrogens (tertiary/aromatic N) is 2. The van der Waals surface area contributed by atoms with Gasteiger partial charge in [0.2, 0.25) is 5.13 Å². The Morgan fingerprint density at radius 3 is 2.96 bits per heavy atom. The van der Waals surface area contributed by atoms with Gasteiger partial charge in [-0.05, 0) is 30.8 Å². The molecule has 0 saturated heterocycles. The average Bonchev–Trinajstić information content (AvgIpc) is 2.97. The van der Waals surface area contributed by atoms with Crippen molar-refractivity contribution in [3.63, 3.8) is 0 Å². The fourth-order valence-corrected chi connectivity index (χ4v) is 2.43. The standard InChI is InChI=1S/C15H17N5O2S/c1-9-4-3-5-10(21)13(9)20-14(22)11-8-18-15(23-11)19-12(16)6-7-17-2/h3-8,17,21H,1-2H3,(H,20,22)(H2,16,18,19)/b7-6-. The van der Waals surface area contributed by atoms with E-state index in [9.17, 15) is 9.90 Å². The number of aromatic hydroxyl groups is 1. The van der Waals surface area contributed by atoms with Gasteiger partial charge in [-0.25, -0.2) is 9.98 Å². The smallest absolute Gasteiger partial charge is 0.267 e. The molecule has 8 heteroatoms. The van der Waals surface area contributed by atoms with Crippen LogP contribution in [0.4, 0.5) is 10.8 Å². The number of benzene rings is 1. The SMILES string of the molecule is CN/C=C\C(N)=N/c1ncc(C(=O)Nc2c(C)cccc2O)s1. The van der Waals surface area contributed by atoms with E-state index in [1.165, 1.54) is 12.3 Å². The Bertz CT molecular complexity index is 747. The molecule has 0 spiro atoms. The maximum absolute atomic E-state index is 12.2. The number of hydrogen-bond acceptors (Lipinski definition) is 6. The molecule has 1 amide bonds. The minimum absolute atomic E-state index is 0.0163. The monoisotopic (exact) mass is 331 g/mol. The van der Waals surface area contributed by atoms with E-state index in [0.29, 0.717) is 15.7 Å². The quantitative estimate of drug-likeness (QED) is 0.381. The summed E-state index contributed by atoms with van der Waals surface area (Å²) in [6.07, 6.45) is 4.65. The number of phenols is 1. The van der Waals surface area contributed by atoms with Crippen molar-refractivity contribution in [3.05, 3.63) is 47.1 Å². The van der Waals surface area contributed by atoms with Gasteiger partial charge >= 0.3 is 0 Å². The number of amides is 1. The molecule has 1 heterocycles. The fraction of sp³-hybridized carbons (Fsp3) is 0.133. The van der Waals surface area contributed by atoms with Crippen LogP contribution in [-0.4, -0.2) is 28.9 Å². The van der Waals surface area contributed by atoms with Crippen LogP contribution in [0.15, 0.2) is 41.7 Å². The van der Waals surface area contributed by atoms with Crippen LogP contribution in [0, 0.1) is 6.92 Å². The molecule has 0 bridgehead atoms. The van der Waals surface area contributed by atoms with Crippen molar-refractivity contribution in [1.29, 1.82) is 0 Å². The van der Waals surface area contributed by atoms with Crippen molar-refractivity contribution in [2.24, 2.45) is 10.7 Å². The van der Waals surface area contributed by atoms with Gasteiger partial charge in [-0.15, -0.1) is 0 Å². The molecule has 2 aromatic rings. The summed E-state index contributed by atoms with van der Waals surface area (Å²) in [5, 5.41) is 15.7. The van der Waals surface area contributed by atoms with Crippen LogP contribution in [0.25, 0.3) is 0 Å². The van der Waals surface area contributed by atoms with Gasteiger partial charge in [-0.1, -0.05) is 23.5 Å². The van der Waals surface area contributed by atoms with Gasteiger partial charge in [0.15, 0.2) is 0 Å². The summed E-state index contributed by atoms with van der Waals surface area (Å²) in [4.78, 5) is 20.7. The summed E-state index contributed by atoms with van der Waals surface area (Å²) in [5.74, 6) is -0.0716. The Hall–Kier alpha value is -2.87. The Balaban J connectivity index is 2.14. The Morgan fingerprint density at radius 1 is 1.48 bits per heavy atom. The third-order valence-electron chi connectivity index (χ3n) is 2.85. The second kappa shape index (κ2) is 7.41. The first kappa shape index (κ1) is 16.5. The summed E-state index contributed by atoms with van der Waals surface area (Å²) in [5.41, 5.74) is 6.84. The molecule has 7 nitrogen and oxygen atoms in total. The van der Waals surface area contributed by atoms with Crippen molar-refractivity contribution < 1.29 is 9.90 Å². The van der Waals surface area contributed by atoms with E-state index in [-0.39, 0.29) is 17.5 Å². The normalized spacial score (nSPS) is 11.7. The molecule has 1 aromatic carbocycles. The molecule has 0 unspecified atom stereocenters. The Morgan fingerprint density at radius 2 is 2.26 bits per heavy atom. The van der Waals surface area contributed by atoms with Crippen molar-refractivity contribution in [2.75, 3.05) is 12.4 Å². The zero-order chi connectivity index (χ0) is 16.8. The van der Waals surface area contributed by atoms with Crippen LogP contribution in [0.2, 0.25) is 0 Å². The summed E-state index contributed by atoms with van der Waals surface area (Å²) in [6, 6.07) is 5.02. The predicted octanol–water partition coefficient (Wildman–Crippen LogP) is 2.13. The minimum Gasteiger partial charge on any atom is -0.506 e. The van der Waals surface area contributed by atoms with E-state index in [1.54, 1.807) is 38.4 Å². The van der Waals surface area contributed by atoms with Crippen LogP contribution in [0.5, 0.6) is 5.75 Å². The van der Waals surface area contributed by atoms with Crippen molar-refractivity contribution in [2.45, 2.75) is 6.92 Å². The molecule has 0 aliphatic heterocycles. The number of carbonyl (C=O) groups is 1. The van der Waals surface area contributed by atoms with Gasteiger partial charge < -0.3 is 21.5 Å². The van der Waals surface area contributed by atoms with Gasteiger partial charge in [-0.2, -0.15) is 0 Å². The number of hydrogen-bond donors (Lipinski definition) is 4. The lowest BCUT2D eigenvalue weighted by molar-refractivity contribution is 0.103. The zero-order valence-electron chi connectivity index (χ0n) is 12.7. The highest BCUT2D eigenvalue weighted by Gasteiger charge is 2.14. The van der Waals surface area contributed by atoms with Crippen LogP contribution in [0.3, 0.4) is 0 Å². The zero-order valence-corrected chi connectivity index (χ0v) is 13.5. The number of nitrogens with two attached hydrogens (primary N) is 1. The largest absolute Gasteiger partial charge is 0.506 e. The molecule has 1 aromatic heterocycles. The predicted molar refractivity (Wildman–Crippen MR) is 92.4 cm³/mol. The van der Waals surface area contributed by atoms with Crippen LogP contribution >= 0.6 is 11.3 Å². The van der Waals surface area contributed by atoms with Crippen LogP contribution < -0.4 is 16.4 Å². The third-order valence-corrected chi connectivity index (χ3v) is 3.74. The minimum atomic E-state index is -0.363. The lowest BCUT2D eigenvalue weighted by Crippen LogP contribution is -2.11. The lowest BCUT2D eigenvalue weighted by Gasteiger charge is -2.08. The Labute approximate surface area is 137 Å². The Kier molecular flexibility index (Phi) is 5.32. The van der Waals surface area contributed by atoms with E-state index >= 15 is 0 Å². The summed E-state index contributed by atoms with van der Waals surface area (Å²) < 4.78 is 0. The van der Waals surface area contributed by atoms with E-state index in [2.05, 4.69) is 20.6 Å². The number of rotatable bonds is 5. The molecule has 0 radical (unpaired) electrons. The lowest BCUT2D eigenvalue weighted by atomic mass is 10.2. The van der Waals surface area contributed by atoms with Gasteiger partial charge in [-0.3, -0.25) is 4.79 Å². The number of phenolic OH excluding ortho intramolecular Hbond substituents is 1. The maximum Gasteiger partial charge on any atom is 0.267 e. The second-order valence-electron chi connectivity index (χ2n) is 4.59. The summed E-state index contributed by atoms with van der Waals surface area (Å²) in [6.45, 7) is 1.80. The van der Waals surface area contributed by atoms with Gasteiger partial charge in [0.25, 0.3) is 5.91 Å². The van der Waals surface area contributed by atoms with Crippen molar-refractivity contribution in [1.82, 2.24) is 10.3 Å². The summed E-state index contributed by atoms with van der Waals surface area (Å²) >= 11 is 1.11. The molecule has 0 aliphatic rings. The maximum atomic E-state index is 12.2. The molecule has 5 N–H and O–H groups in total. The van der Waals surface area contributed by atoms with Gasteiger partial charge in [0.05, 0.1) is 11.9 Å². The molecule has 0 saturated carbocycles. The highest BCUT2D eigenvalue weighted by atomic mass is 32.1. The molecule has 0 aliphatic carbocycles. The number of nitrogens with one attached hydrogen (secondary N) is 2. The molecule has 2 rings (SSSR count). The highest BCUT2D eigenvalue weighted by molar-refractivity contribution is 7.17. The first-order valence-electron chi connectivity index (χ1n) is 6.75. The number of aliphatic imine (C=N–C) groups is 1. The van der Waals surface area contributed by atoms with E-state index < -0.39 is 0 Å². The molecular formula is C15H17N5O2S. The van der Waals surface area contributed by atoms with Gasteiger partial charge in [0.1, 0.15) is 16.5 Å². The first-order chi connectivity index (χ1) is 11.0. The van der Waals surface area contributed by atoms with Crippen LogP contribution in [0.1, 0.15) is 15.2 Å². The van der Waals surface area contributed by atoms with E-state index in [0.717, 1.165) is 16.9 Å². The molecule has 23 heavy (non-hydrogen) atoms. The number of thiazole rings is 1. The first-order valence-corrected chi connectivity index (χ1v) is 7.56. The topological polar surface area (TPSA) is 113 Å². The number of para-hydroxylation sites is 1. The van der Waals surface area contributed by atoms with Crippen LogP contribution in [-0.2, 0) is 0 Å². The number of aryl methyl sites for hydroxylation is 1. The summed E-state index contributed by atoms with van der Waals surface area (Å²) in [7, 11) is 1.75. The fourth-order valence-electron chi connectivity index (χ4n) is 1.73. The van der Waals surface area contributed by atoms with Gasteiger partial charge in [0, 0.05) is 7.05 Å². The highest BCUT2D eigenvalue weighted by Crippen LogP contribution is 2.28. The molecule has 0 fully saturated rings. The number of amidine groups is 1. The third kappa shape index (κ3) is 4.30. The average molecular weight is 331 g/mol. The van der Waals surface area contributed by atoms with E-state index in [4.69, 9.17) is 5.73 Å². The molecular weight excluding hydrogens is 314 g/mol. The van der Waals surface area contributed by atoms with E-state index in [1.807, 2.05) is 0 Å². The van der Waals surface area contributed by atoms with Crippen molar-refractivity contribution >= 4 is 33.9 Å². The molecule has 0 atom stereocenters. The van der Waals surface area contributed by atoms with Crippen molar-refractivity contribution in [3.8, 4) is 5.75 Å². The number of aromatic nitrogens is 1.